The van der Waals surface area contributed by atoms with Crippen LogP contribution in [0.4, 0.5) is 0 Å². The van der Waals surface area contributed by atoms with Crippen LogP contribution in [0.25, 0.3) is 0 Å². The maximum atomic E-state index is 13.0. The predicted molar refractivity (Wildman–Crippen MR) is 107 cm³/mol. The zero-order valence-corrected chi connectivity index (χ0v) is 16.0. The average Bonchev–Trinajstić information content (AvgIpc) is 2.74. The molecular formula is C23H25N3O2. The number of aryl methyl sites for hydroxylation is 2. The van der Waals surface area contributed by atoms with Crippen LogP contribution in [0, 0.1) is 11.3 Å². The lowest BCUT2D eigenvalue weighted by molar-refractivity contribution is 0.0625. The molecule has 4 rings (SSSR count). The predicted octanol–water partition coefficient (Wildman–Crippen LogP) is 3.10. The molecule has 1 amide bonds. The molecule has 2 aromatic rings. The van der Waals surface area contributed by atoms with Gasteiger partial charge in [0.2, 0.25) is 0 Å². The van der Waals surface area contributed by atoms with Crippen molar-refractivity contribution < 1.29 is 9.90 Å². The van der Waals surface area contributed by atoms with Crippen LogP contribution in [0.2, 0.25) is 0 Å². The number of carbonyl (C=O) groups excluding carboxylic acids is 1. The van der Waals surface area contributed by atoms with E-state index in [1.54, 1.807) is 6.07 Å². The van der Waals surface area contributed by atoms with Gasteiger partial charge >= 0.3 is 0 Å². The minimum Gasteiger partial charge on any atom is -0.507 e. The molecule has 0 bridgehead atoms. The summed E-state index contributed by atoms with van der Waals surface area (Å²) >= 11 is 0. The molecule has 1 fully saturated rings. The Labute approximate surface area is 165 Å². The van der Waals surface area contributed by atoms with Gasteiger partial charge in [-0.1, -0.05) is 12.1 Å². The standard InChI is InChI=1S/C23H25N3O2/c24-15-17-5-7-18(8-6-17)16-25-9-11-26(12-10-25)23(28)21-13-19-3-1-2-4-20(19)14-22(21)27/h5-8,13-14,27H,1-4,9-12,16H2. The Morgan fingerprint density at radius 2 is 1.64 bits per heavy atom. The number of phenolic OH excluding ortho intramolecular Hbond substituents is 1. The molecule has 0 saturated carbocycles. The van der Waals surface area contributed by atoms with Crippen molar-refractivity contribution >= 4 is 5.91 Å². The smallest absolute Gasteiger partial charge is 0.257 e. The van der Waals surface area contributed by atoms with Gasteiger partial charge in [-0.3, -0.25) is 9.69 Å². The Balaban J connectivity index is 1.38. The van der Waals surface area contributed by atoms with Crippen LogP contribution in [0.15, 0.2) is 36.4 Å². The van der Waals surface area contributed by atoms with Gasteiger partial charge in [0.15, 0.2) is 0 Å². The molecule has 0 unspecified atom stereocenters. The Hall–Kier alpha value is -2.84. The van der Waals surface area contributed by atoms with E-state index in [0.29, 0.717) is 24.2 Å². The number of carbonyl (C=O) groups is 1. The van der Waals surface area contributed by atoms with E-state index in [1.165, 1.54) is 16.7 Å². The molecule has 5 heteroatoms. The maximum Gasteiger partial charge on any atom is 0.257 e. The summed E-state index contributed by atoms with van der Waals surface area (Å²) in [6.45, 7) is 3.74. The van der Waals surface area contributed by atoms with Gasteiger partial charge < -0.3 is 10.0 Å². The highest BCUT2D eigenvalue weighted by molar-refractivity contribution is 5.97. The van der Waals surface area contributed by atoms with Crippen molar-refractivity contribution in [1.82, 2.24) is 9.80 Å². The molecule has 0 atom stereocenters. The van der Waals surface area contributed by atoms with Crippen LogP contribution >= 0.6 is 0 Å². The lowest BCUT2D eigenvalue weighted by Crippen LogP contribution is -2.48. The van der Waals surface area contributed by atoms with E-state index in [4.69, 9.17) is 5.26 Å². The first-order valence-electron chi connectivity index (χ1n) is 9.99. The molecule has 1 saturated heterocycles. The summed E-state index contributed by atoms with van der Waals surface area (Å²) in [5.74, 6) is 0.0505. The molecule has 2 aliphatic rings. The molecule has 1 heterocycles. The molecule has 144 valence electrons. The third-order valence-corrected chi connectivity index (χ3v) is 5.84. The highest BCUT2D eigenvalue weighted by Gasteiger charge is 2.25. The molecule has 0 aromatic heterocycles. The number of hydrogen-bond donors (Lipinski definition) is 1. The second kappa shape index (κ2) is 8.04. The van der Waals surface area contributed by atoms with E-state index < -0.39 is 0 Å². The normalized spacial score (nSPS) is 17.0. The van der Waals surface area contributed by atoms with Crippen LogP contribution in [0.5, 0.6) is 5.75 Å². The third-order valence-electron chi connectivity index (χ3n) is 5.84. The van der Waals surface area contributed by atoms with Crippen molar-refractivity contribution in [2.24, 2.45) is 0 Å². The van der Waals surface area contributed by atoms with Gasteiger partial charge in [0.05, 0.1) is 17.2 Å². The minimum absolute atomic E-state index is 0.0658. The fraction of sp³-hybridized carbons (Fsp3) is 0.391. The van der Waals surface area contributed by atoms with Gasteiger partial charge in [-0.05, 0) is 66.6 Å². The highest BCUT2D eigenvalue weighted by Crippen LogP contribution is 2.29. The van der Waals surface area contributed by atoms with Crippen molar-refractivity contribution in [1.29, 1.82) is 5.26 Å². The first kappa shape index (κ1) is 18.5. The van der Waals surface area contributed by atoms with Gasteiger partial charge in [0, 0.05) is 32.7 Å². The van der Waals surface area contributed by atoms with Crippen LogP contribution in [-0.2, 0) is 19.4 Å². The van der Waals surface area contributed by atoms with Gasteiger partial charge in [-0.2, -0.15) is 5.26 Å². The van der Waals surface area contributed by atoms with E-state index in [0.717, 1.165) is 45.3 Å². The van der Waals surface area contributed by atoms with Gasteiger partial charge in [-0.15, -0.1) is 0 Å². The maximum absolute atomic E-state index is 13.0. The lowest BCUT2D eigenvalue weighted by Gasteiger charge is -2.35. The van der Waals surface area contributed by atoms with Crippen molar-refractivity contribution in [3.8, 4) is 11.8 Å². The molecule has 1 aliphatic carbocycles. The molecular weight excluding hydrogens is 350 g/mol. The second-order valence-electron chi connectivity index (χ2n) is 7.72. The molecule has 28 heavy (non-hydrogen) atoms. The molecule has 2 aromatic carbocycles. The highest BCUT2D eigenvalue weighted by atomic mass is 16.3. The number of amides is 1. The number of benzene rings is 2. The monoisotopic (exact) mass is 375 g/mol. The fourth-order valence-electron chi connectivity index (χ4n) is 4.17. The Morgan fingerprint density at radius 1 is 1.00 bits per heavy atom. The summed E-state index contributed by atoms with van der Waals surface area (Å²) in [6, 6.07) is 13.5. The Bertz CT molecular complexity index is 907. The number of hydrogen-bond acceptors (Lipinski definition) is 4. The largest absolute Gasteiger partial charge is 0.507 e. The first-order chi connectivity index (χ1) is 13.6. The molecule has 1 N–H and O–H groups in total. The number of fused-ring (bicyclic) bond motifs is 1. The molecule has 0 spiro atoms. The van der Waals surface area contributed by atoms with Crippen LogP contribution in [-0.4, -0.2) is 47.0 Å². The molecule has 5 nitrogen and oxygen atoms in total. The Morgan fingerprint density at radius 3 is 2.29 bits per heavy atom. The lowest BCUT2D eigenvalue weighted by atomic mass is 9.89. The number of nitriles is 1. The van der Waals surface area contributed by atoms with Gasteiger partial charge in [-0.25, -0.2) is 0 Å². The fourth-order valence-corrected chi connectivity index (χ4v) is 4.17. The average molecular weight is 375 g/mol. The Kier molecular flexibility index (Phi) is 5.31. The minimum atomic E-state index is -0.0658. The second-order valence-corrected chi connectivity index (χ2v) is 7.72. The summed E-state index contributed by atoms with van der Waals surface area (Å²) in [5.41, 5.74) is 4.69. The van der Waals surface area contributed by atoms with Crippen molar-refractivity contribution in [3.05, 3.63) is 64.2 Å². The van der Waals surface area contributed by atoms with E-state index in [1.807, 2.05) is 35.2 Å². The number of aromatic hydroxyl groups is 1. The number of piperazine rings is 1. The van der Waals surface area contributed by atoms with E-state index >= 15 is 0 Å². The molecule has 0 radical (unpaired) electrons. The van der Waals surface area contributed by atoms with E-state index in [-0.39, 0.29) is 11.7 Å². The quantitative estimate of drug-likeness (QED) is 0.895. The SMILES string of the molecule is N#Cc1ccc(CN2CCN(C(=O)c3cc4c(cc3O)CCCC4)CC2)cc1. The first-order valence-corrected chi connectivity index (χ1v) is 9.99. The number of phenols is 1. The van der Waals surface area contributed by atoms with Crippen LogP contribution in [0.1, 0.15) is 45.5 Å². The van der Waals surface area contributed by atoms with Crippen LogP contribution < -0.4 is 0 Å². The number of rotatable bonds is 3. The van der Waals surface area contributed by atoms with Crippen molar-refractivity contribution in [3.63, 3.8) is 0 Å². The summed E-state index contributed by atoms with van der Waals surface area (Å²) < 4.78 is 0. The summed E-state index contributed by atoms with van der Waals surface area (Å²) in [6.07, 6.45) is 4.29. The summed E-state index contributed by atoms with van der Waals surface area (Å²) in [7, 11) is 0. The van der Waals surface area contributed by atoms with Gasteiger partial charge in [0.1, 0.15) is 5.75 Å². The van der Waals surface area contributed by atoms with Crippen molar-refractivity contribution in [2.75, 3.05) is 26.2 Å². The van der Waals surface area contributed by atoms with Gasteiger partial charge in [0.25, 0.3) is 5.91 Å². The summed E-state index contributed by atoms with van der Waals surface area (Å²) in [4.78, 5) is 17.1. The van der Waals surface area contributed by atoms with E-state index in [9.17, 15) is 9.90 Å². The van der Waals surface area contributed by atoms with E-state index in [2.05, 4.69) is 11.0 Å². The summed E-state index contributed by atoms with van der Waals surface area (Å²) in [5, 5.41) is 19.3. The zero-order chi connectivity index (χ0) is 19.5. The molecule has 1 aliphatic heterocycles. The topological polar surface area (TPSA) is 67.6 Å². The number of nitrogens with zero attached hydrogens (tertiary/aromatic N) is 3. The van der Waals surface area contributed by atoms with Crippen molar-refractivity contribution in [2.45, 2.75) is 32.2 Å². The van der Waals surface area contributed by atoms with Crippen LogP contribution in [0.3, 0.4) is 0 Å². The zero-order valence-electron chi connectivity index (χ0n) is 16.0. The third kappa shape index (κ3) is 3.88.